The van der Waals surface area contributed by atoms with E-state index in [2.05, 4.69) is 11.2 Å². The fraction of sp³-hybridized carbons (Fsp3) is 0.750. The van der Waals surface area contributed by atoms with Crippen molar-refractivity contribution in [1.82, 2.24) is 0 Å². The highest BCUT2D eigenvalue weighted by Crippen LogP contribution is 2.50. The van der Waals surface area contributed by atoms with E-state index < -0.39 is 5.41 Å². The van der Waals surface area contributed by atoms with Gasteiger partial charge < -0.3 is 5.21 Å². The van der Waals surface area contributed by atoms with Gasteiger partial charge in [-0.1, -0.05) is 5.16 Å². The number of hydrogen-bond acceptors (Lipinski definition) is 4. The van der Waals surface area contributed by atoms with Gasteiger partial charge in [0.15, 0.2) is 0 Å². The SMILES string of the molecule is N#CC12CCC(CC1)SC2=NO. The van der Waals surface area contributed by atoms with Crippen molar-refractivity contribution < 1.29 is 5.21 Å². The van der Waals surface area contributed by atoms with Crippen LogP contribution in [0.3, 0.4) is 0 Å². The molecule has 3 aliphatic rings. The first kappa shape index (κ1) is 7.93. The zero-order valence-electron chi connectivity index (χ0n) is 6.66. The lowest BCUT2D eigenvalue weighted by atomic mass is 9.75. The van der Waals surface area contributed by atoms with Crippen molar-refractivity contribution >= 4 is 16.8 Å². The summed E-state index contributed by atoms with van der Waals surface area (Å²) in [5.41, 5.74) is -0.436. The number of thioether (sulfide) groups is 1. The topological polar surface area (TPSA) is 56.4 Å². The second kappa shape index (κ2) is 2.67. The summed E-state index contributed by atoms with van der Waals surface area (Å²) in [4.78, 5) is 0. The molecule has 0 unspecified atom stereocenters. The predicted molar refractivity (Wildman–Crippen MR) is 47.1 cm³/mol. The Morgan fingerprint density at radius 1 is 1.58 bits per heavy atom. The molecule has 2 bridgehead atoms. The number of nitrogens with zero attached hydrogens (tertiary/aromatic N) is 2. The first-order valence-corrected chi connectivity index (χ1v) is 4.99. The molecule has 0 aromatic carbocycles. The van der Waals surface area contributed by atoms with Crippen LogP contribution < -0.4 is 0 Å². The van der Waals surface area contributed by atoms with Crippen molar-refractivity contribution in [3.05, 3.63) is 0 Å². The second-order valence-electron chi connectivity index (χ2n) is 3.42. The third kappa shape index (κ3) is 0.929. The Kier molecular flexibility index (Phi) is 1.76. The smallest absolute Gasteiger partial charge is 0.133 e. The molecule has 2 aliphatic heterocycles. The molecule has 3 nitrogen and oxygen atoms in total. The number of hydrogen-bond donors (Lipinski definition) is 1. The van der Waals surface area contributed by atoms with Crippen molar-refractivity contribution in [3.63, 3.8) is 0 Å². The minimum absolute atomic E-state index is 0.436. The molecule has 0 atom stereocenters. The molecule has 4 heteroatoms. The summed E-state index contributed by atoms with van der Waals surface area (Å²) in [6.45, 7) is 0. The molecule has 3 rings (SSSR count). The maximum absolute atomic E-state index is 9.01. The average Bonchev–Trinajstić information content (AvgIpc) is 2.19. The molecule has 0 aromatic rings. The first-order valence-electron chi connectivity index (χ1n) is 4.11. The van der Waals surface area contributed by atoms with Crippen LogP contribution in [0.4, 0.5) is 0 Å². The Morgan fingerprint density at radius 2 is 2.25 bits per heavy atom. The van der Waals surface area contributed by atoms with Crippen molar-refractivity contribution in [3.8, 4) is 6.07 Å². The summed E-state index contributed by atoms with van der Waals surface area (Å²) in [6.07, 6.45) is 3.94. The van der Waals surface area contributed by atoms with Gasteiger partial charge in [-0.2, -0.15) is 5.26 Å². The Hall–Kier alpha value is -0.690. The van der Waals surface area contributed by atoms with Crippen LogP contribution in [0.1, 0.15) is 25.7 Å². The van der Waals surface area contributed by atoms with Crippen molar-refractivity contribution in [2.75, 3.05) is 0 Å². The summed E-state index contributed by atoms with van der Waals surface area (Å²) in [5, 5.41) is 22.2. The Balaban J connectivity index is 2.35. The summed E-state index contributed by atoms with van der Waals surface area (Å²) < 4.78 is 0. The van der Waals surface area contributed by atoms with Gasteiger partial charge in [-0.25, -0.2) is 0 Å². The van der Waals surface area contributed by atoms with E-state index in [0.717, 1.165) is 25.7 Å². The Morgan fingerprint density at radius 3 is 2.67 bits per heavy atom. The van der Waals surface area contributed by atoms with Crippen LogP contribution in [0.25, 0.3) is 0 Å². The highest BCUT2D eigenvalue weighted by Gasteiger charge is 2.47. The fourth-order valence-electron chi connectivity index (χ4n) is 1.97. The number of nitriles is 1. The van der Waals surface area contributed by atoms with E-state index in [-0.39, 0.29) is 0 Å². The van der Waals surface area contributed by atoms with Gasteiger partial charge >= 0.3 is 0 Å². The molecule has 0 aromatic heterocycles. The van der Waals surface area contributed by atoms with Gasteiger partial charge in [-0.15, -0.1) is 11.8 Å². The van der Waals surface area contributed by atoms with Crippen molar-refractivity contribution in [2.45, 2.75) is 30.9 Å². The minimum atomic E-state index is -0.436. The highest BCUT2D eigenvalue weighted by molar-refractivity contribution is 8.14. The van der Waals surface area contributed by atoms with E-state index in [0.29, 0.717) is 10.3 Å². The molecule has 12 heavy (non-hydrogen) atoms. The first-order chi connectivity index (χ1) is 5.80. The molecule has 0 spiro atoms. The zero-order chi connectivity index (χ0) is 8.60. The largest absolute Gasteiger partial charge is 0.410 e. The molecular weight excluding hydrogens is 172 g/mol. The molecule has 64 valence electrons. The maximum Gasteiger partial charge on any atom is 0.133 e. The van der Waals surface area contributed by atoms with Gasteiger partial charge in [0.25, 0.3) is 0 Å². The standard InChI is InChI=1S/C8H10N2OS/c9-5-8-3-1-6(2-4-8)12-7(8)10-11/h6,11H,1-4H2. The Bertz CT molecular complexity index is 261. The molecule has 3 fully saturated rings. The van der Waals surface area contributed by atoms with Crippen LogP contribution in [0.15, 0.2) is 5.16 Å². The lowest BCUT2D eigenvalue weighted by Gasteiger charge is -2.41. The predicted octanol–water partition coefficient (Wildman–Crippen LogP) is 1.97. The van der Waals surface area contributed by atoms with E-state index in [1.165, 1.54) is 0 Å². The zero-order valence-corrected chi connectivity index (χ0v) is 7.47. The third-order valence-electron chi connectivity index (χ3n) is 2.78. The molecule has 1 N–H and O–H groups in total. The van der Waals surface area contributed by atoms with E-state index in [9.17, 15) is 0 Å². The summed E-state index contributed by atoms with van der Waals surface area (Å²) in [7, 11) is 0. The molecule has 0 amide bonds. The van der Waals surface area contributed by atoms with Crippen molar-refractivity contribution in [2.24, 2.45) is 10.6 Å². The average molecular weight is 182 g/mol. The molecule has 2 heterocycles. The van der Waals surface area contributed by atoms with Gasteiger partial charge in [-0.05, 0) is 25.7 Å². The molecule has 1 aliphatic carbocycles. The van der Waals surface area contributed by atoms with Gasteiger partial charge in [0.2, 0.25) is 0 Å². The Labute approximate surface area is 75.4 Å². The fourth-order valence-corrected chi connectivity index (χ4v) is 3.28. The minimum Gasteiger partial charge on any atom is -0.410 e. The maximum atomic E-state index is 9.01. The van der Waals surface area contributed by atoms with Crippen molar-refractivity contribution in [1.29, 1.82) is 5.26 Å². The quantitative estimate of drug-likeness (QED) is 0.460. The molecule has 2 saturated heterocycles. The van der Waals surface area contributed by atoms with Gasteiger partial charge in [0, 0.05) is 5.25 Å². The van der Waals surface area contributed by atoms with Crippen LogP contribution in [0.5, 0.6) is 0 Å². The van der Waals surface area contributed by atoms with Crippen LogP contribution in [-0.2, 0) is 0 Å². The van der Waals surface area contributed by atoms with E-state index in [1.54, 1.807) is 11.8 Å². The number of fused-ring (bicyclic) bond motifs is 3. The van der Waals surface area contributed by atoms with Crippen LogP contribution in [-0.4, -0.2) is 15.5 Å². The molecule has 1 saturated carbocycles. The van der Waals surface area contributed by atoms with Crippen LogP contribution >= 0.6 is 11.8 Å². The number of oxime groups is 1. The normalized spacial score (nSPS) is 42.9. The van der Waals surface area contributed by atoms with E-state index in [4.69, 9.17) is 10.5 Å². The van der Waals surface area contributed by atoms with Gasteiger partial charge in [0.05, 0.1) is 6.07 Å². The van der Waals surface area contributed by atoms with Gasteiger partial charge in [-0.3, -0.25) is 0 Å². The van der Waals surface area contributed by atoms with Gasteiger partial charge in [0.1, 0.15) is 10.5 Å². The summed E-state index contributed by atoms with van der Waals surface area (Å²) >= 11 is 1.58. The summed E-state index contributed by atoms with van der Waals surface area (Å²) in [6, 6.07) is 2.29. The summed E-state index contributed by atoms with van der Waals surface area (Å²) in [5.74, 6) is 0. The monoisotopic (exact) mass is 182 g/mol. The van der Waals surface area contributed by atoms with Crippen LogP contribution in [0, 0.1) is 16.7 Å². The van der Waals surface area contributed by atoms with E-state index >= 15 is 0 Å². The number of rotatable bonds is 0. The lowest BCUT2D eigenvalue weighted by Crippen LogP contribution is -2.40. The second-order valence-corrected chi connectivity index (χ2v) is 4.71. The lowest BCUT2D eigenvalue weighted by molar-refractivity contribution is 0.297. The highest BCUT2D eigenvalue weighted by atomic mass is 32.2. The molecular formula is C8H10N2OS. The third-order valence-corrected chi connectivity index (χ3v) is 4.28. The van der Waals surface area contributed by atoms with Crippen LogP contribution in [0.2, 0.25) is 0 Å². The molecule has 0 radical (unpaired) electrons. The van der Waals surface area contributed by atoms with E-state index in [1.807, 2.05) is 0 Å².